The zero-order chi connectivity index (χ0) is 18.3. The summed E-state index contributed by atoms with van der Waals surface area (Å²) in [5.41, 5.74) is -0.688. The molecule has 0 amide bonds. The third-order valence-electron chi connectivity index (χ3n) is 6.59. The number of benzene rings is 1. The zero-order valence-electron chi connectivity index (χ0n) is 16.0. The number of Topliss-reactive ketones (excluding diaryl/α,β-unsaturated/α-hetero) is 1. The van der Waals surface area contributed by atoms with E-state index in [0.717, 1.165) is 31.2 Å². The Bertz CT molecular complexity index is 608. The predicted octanol–water partition coefficient (Wildman–Crippen LogP) is 4.52. The standard InChI is InChI=1S/C22H32O3/c1-16-14-22(24,19(16)23)21(25-15-17-8-6-5-7-9-17)12-10-18(11-13-21)20(2,3)4/h5-9,16,18,24H,10-15H2,1-4H3/t16-,18?,21?,22-/m0/s1. The molecular formula is C22H32O3. The lowest BCUT2D eigenvalue weighted by Gasteiger charge is -2.56. The van der Waals surface area contributed by atoms with Gasteiger partial charge in [0.15, 0.2) is 11.4 Å². The summed E-state index contributed by atoms with van der Waals surface area (Å²) in [6.07, 6.45) is 4.05. The first kappa shape index (κ1) is 18.6. The van der Waals surface area contributed by atoms with Crippen LogP contribution in [0.4, 0.5) is 0 Å². The Morgan fingerprint density at radius 3 is 2.24 bits per heavy atom. The van der Waals surface area contributed by atoms with Crippen LogP contribution in [0.2, 0.25) is 0 Å². The Labute approximate surface area is 151 Å². The van der Waals surface area contributed by atoms with Crippen LogP contribution in [0.15, 0.2) is 30.3 Å². The van der Waals surface area contributed by atoms with Gasteiger partial charge in [0.2, 0.25) is 0 Å². The van der Waals surface area contributed by atoms with E-state index < -0.39 is 11.2 Å². The first-order chi connectivity index (χ1) is 11.7. The molecule has 2 atom stereocenters. The molecule has 2 aliphatic rings. The second-order valence-electron chi connectivity index (χ2n) is 9.24. The highest BCUT2D eigenvalue weighted by Gasteiger charge is 2.64. The number of ketones is 1. The van der Waals surface area contributed by atoms with Crippen LogP contribution >= 0.6 is 0 Å². The molecule has 0 spiro atoms. The Hall–Kier alpha value is -1.19. The second kappa shape index (κ2) is 6.51. The van der Waals surface area contributed by atoms with Crippen molar-refractivity contribution in [3.63, 3.8) is 0 Å². The van der Waals surface area contributed by atoms with Crippen molar-refractivity contribution in [2.45, 2.75) is 77.6 Å². The van der Waals surface area contributed by atoms with Crippen LogP contribution in [0.5, 0.6) is 0 Å². The van der Waals surface area contributed by atoms with Gasteiger partial charge in [-0.2, -0.15) is 0 Å². The van der Waals surface area contributed by atoms with Gasteiger partial charge in [-0.15, -0.1) is 0 Å². The molecule has 0 bridgehead atoms. The zero-order valence-corrected chi connectivity index (χ0v) is 16.0. The molecule has 2 aliphatic carbocycles. The number of aliphatic hydroxyl groups is 1. The molecule has 0 aliphatic heterocycles. The van der Waals surface area contributed by atoms with Crippen molar-refractivity contribution in [2.75, 3.05) is 0 Å². The molecule has 0 saturated heterocycles. The molecule has 0 radical (unpaired) electrons. The third-order valence-corrected chi connectivity index (χ3v) is 6.59. The highest BCUT2D eigenvalue weighted by molar-refractivity contribution is 5.96. The van der Waals surface area contributed by atoms with Gasteiger partial charge >= 0.3 is 0 Å². The van der Waals surface area contributed by atoms with E-state index >= 15 is 0 Å². The lowest BCUT2D eigenvalue weighted by atomic mass is 9.55. The lowest BCUT2D eigenvalue weighted by Crippen LogP contribution is -2.70. The summed E-state index contributed by atoms with van der Waals surface area (Å²) in [4.78, 5) is 12.5. The van der Waals surface area contributed by atoms with Crippen LogP contribution in [0.3, 0.4) is 0 Å². The summed E-state index contributed by atoms with van der Waals surface area (Å²) in [5.74, 6) is 0.523. The van der Waals surface area contributed by atoms with Crippen molar-refractivity contribution in [3.8, 4) is 0 Å². The molecule has 0 unspecified atom stereocenters. The molecule has 2 fully saturated rings. The van der Waals surface area contributed by atoms with Crippen LogP contribution < -0.4 is 0 Å². The number of hydrogen-bond donors (Lipinski definition) is 1. The normalized spacial score (nSPS) is 36.1. The van der Waals surface area contributed by atoms with E-state index in [1.165, 1.54) is 0 Å². The largest absolute Gasteiger partial charge is 0.379 e. The molecule has 3 rings (SSSR count). The van der Waals surface area contributed by atoms with Crippen molar-refractivity contribution in [1.29, 1.82) is 0 Å². The smallest absolute Gasteiger partial charge is 0.170 e. The molecule has 1 aromatic carbocycles. The van der Waals surface area contributed by atoms with E-state index in [4.69, 9.17) is 4.74 Å². The van der Waals surface area contributed by atoms with Gasteiger partial charge in [0.1, 0.15) is 5.60 Å². The average molecular weight is 344 g/mol. The van der Waals surface area contributed by atoms with Crippen LogP contribution in [0.1, 0.15) is 65.4 Å². The summed E-state index contributed by atoms with van der Waals surface area (Å²) < 4.78 is 6.37. The number of rotatable bonds is 4. The predicted molar refractivity (Wildman–Crippen MR) is 99.1 cm³/mol. The van der Waals surface area contributed by atoms with Crippen molar-refractivity contribution >= 4 is 5.78 Å². The van der Waals surface area contributed by atoms with Crippen LogP contribution in [0.25, 0.3) is 0 Å². The fourth-order valence-corrected chi connectivity index (χ4v) is 4.75. The Kier molecular flexibility index (Phi) is 4.85. The maximum absolute atomic E-state index is 12.5. The topological polar surface area (TPSA) is 46.5 Å². The maximum atomic E-state index is 12.5. The van der Waals surface area contributed by atoms with E-state index in [9.17, 15) is 9.90 Å². The summed E-state index contributed by atoms with van der Waals surface area (Å²) in [7, 11) is 0. The Morgan fingerprint density at radius 1 is 1.16 bits per heavy atom. The monoisotopic (exact) mass is 344 g/mol. The van der Waals surface area contributed by atoms with E-state index in [1.54, 1.807) is 0 Å². The summed E-state index contributed by atoms with van der Waals surface area (Å²) >= 11 is 0. The third kappa shape index (κ3) is 3.29. The van der Waals surface area contributed by atoms with Crippen LogP contribution in [-0.4, -0.2) is 22.1 Å². The van der Waals surface area contributed by atoms with Crippen LogP contribution in [0, 0.1) is 17.3 Å². The van der Waals surface area contributed by atoms with E-state index in [-0.39, 0.29) is 17.1 Å². The lowest BCUT2D eigenvalue weighted by molar-refractivity contribution is -0.236. The molecule has 3 nitrogen and oxygen atoms in total. The SMILES string of the molecule is C[C@H]1C[C@@](O)(C2(OCc3ccccc3)CCC(C(C)(C)C)CC2)C1=O. The van der Waals surface area contributed by atoms with Crippen LogP contribution in [-0.2, 0) is 16.1 Å². The number of carbonyl (C=O) groups is 1. The Balaban J connectivity index is 1.79. The second-order valence-corrected chi connectivity index (χ2v) is 9.24. The van der Waals surface area contributed by atoms with Crippen molar-refractivity contribution in [2.24, 2.45) is 17.3 Å². The molecule has 25 heavy (non-hydrogen) atoms. The fourth-order valence-electron chi connectivity index (χ4n) is 4.75. The minimum atomic E-state index is -1.30. The molecular weight excluding hydrogens is 312 g/mol. The van der Waals surface area contributed by atoms with Gasteiger partial charge in [-0.25, -0.2) is 0 Å². The van der Waals surface area contributed by atoms with Crippen molar-refractivity contribution < 1.29 is 14.6 Å². The minimum absolute atomic E-state index is 0.0326. The molecule has 1 aromatic rings. The quantitative estimate of drug-likeness (QED) is 0.873. The van der Waals surface area contributed by atoms with Gasteiger partial charge in [0.05, 0.1) is 6.61 Å². The van der Waals surface area contributed by atoms with E-state index in [2.05, 4.69) is 20.8 Å². The van der Waals surface area contributed by atoms with Gasteiger partial charge in [-0.3, -0.25) is 4.79 Å². The fraction of sp³-hybridized carbons (Fsp3) is 0.682. The first-order valence-corrected chi connectivity index (χ1v) is 9.62. The maximum Gasteiger partial charge on any atom is 0.170 e. The van der Waals surface area contributed by atoms with Gasteiger partial charge in [-0.1, -0.05) is 58.0 Å². The number of carbonyl (C=O) groups excluding carboxylic acids is 1. The summed E-state index contributed by atoms with van der Waals surface area (Å²) in [6, 6.07) is 10.0. The summed E-state index contributed by atoms with van der Waals surface area (Å²) in [6.45, 7) is 9.19. The van der Waals surface area contributed by atoms with E-state index in [1.807, 2.05) is 37.3 Å². The van der Waals surface area contributed by atoms with Gasteiger partial charge in [0.25, 0.3) is 0 Å². The van der Waals surface area contributed by atoms with Gasteiger partial charge in [0, 0.05) is 5.92 Å². The van der Waals surface area contributed by atoms with Crippen molar-refractivity contribution in [3.05, 3.63) is 35.9 Å². The number of hydrogen-bond acceptors (Lipinski definition) is 3. The molecule has 138 valence electrons. The molecule has 2 saturated carbocycles. The first-order valence-electron chi connectivity index (χ1n) is 9.62. The Morgan fingerprint density at radius 2 is 1.76 bits per heavy atom. The molecule has 0 aromatic heterocycles. The summed E-state index contributed by atoms with van der Waals surface area (Å²) in [5, 5.41) is 11.2. The van der Waals surface area contributed by atoms with Crippen molar-refractivity contribution in [1.82, 2.24) is 0 Å². The highest BCUT2D eigenvalue weighted by atomic mass is 16.5. The molecule has 1 N–H and O–H groups in total. The highest BCUT2D eigenvalue weighted by Crippen LogP contribution is 2.53. The molecule has 0 heterocycles. The van der Waals surface area contributed by atoms with E-state index in [0.29, 0.717) is 18.9 Å². The number of ether oxygens (including phenoxy) is 1. The van der Waals surface area contributed by atoms with Gasteiger partial charge < -0.3 is 9.84 Å². The minimum Gasteiger partial charge on any atom is -0.379 e. The van der Waals surface area contributed by atoms with Gasteiger partial charge in [-0.05, 0) is 49.0 Å². The average Bonchev–Trinajstić information content (AvgIpc) is 2.60. The molecule has 3 heteroatoms.